The van der Waals surface area contributed by atoms with Crippen LogP contribution in [0.5, 0.6) is 17.4 Å². The molecule has 3 aliphatic heterocycles. The molecule has 0 bridgehead atoms. The lowest BCUT2D eigenvalue weighted by molar-refractivity contribution is -0.0799. The Morgan fingerprint density at radius 1 is 1.04 bits per heavy atom. The summed E-state index contributed by atoms with van der Waals surface area (Å²) in [7, 11) is 0. The fraction of sp³-hybridized carbons (Fsp3) is 0.667. The van der Waals surface area contributed by atoms with Gasteiger partial charge in [-0.25, -0.2) is 9.78 Å². The lowest BCUT2D eigenvalue weighted by Gasteiger charge is -2.47. The molecular formula is C36H51N3O6. The highest BCUT2D eigenvalue weighted by atomic mass is 16.6. The van der Waals surface area contributed by atoms with Gasteiger partial charge in [0.05, 0.1) is 12.1 Å². The molecule has 2 aromatic rings. The maximum Gasteiger partial charge on any atom is 0.412 e. The van der Waals surface area contributed by atoms with E-state index in [9.17, 15) is 4.79 Å². The molecule has 246 valence electrons. The summed E-state index contributed by atoms with van der Waals surface area (Å²) in [5.74, 6) is 2.23. The van der Waals surface area contributed by atoms with Crippen LogP contribution in [0.3, 0.4) is 0 Å². The number of fused-ring (bicyclic) bond motifs is 2. The number of amides is 1. The number of rotatable bonds is 6. The standard InChI is InChI=1S/C36H51N3O6/c1-33(2,3)19-24-16-25-26(20-36(12-9-13-36)44-31(25)38-21-24)37-22-30-27(17-23-10-11-28-29(18-23)42-15-14-41-28)39(35(7,8)43-30)32(40)45-34(4,5)6/h10-11,16,18,21,26-27,30,37H,9,12-15,17,19-20,22H2,1-8H3/t26-,27-,30+/m0/s1. The van der Waals surface area contributed by atoms with Gasteiger partial charge in [-0.15, -0.1) is 0 Å². The van der Waals surface area contributed by atoms with Crippen molar-refractivity contribution < 1.29 is 28.5 Å². The second kappa shape index (κ2) is 11.6. The zero-order valence-electron chi connectivity index (χ0n) is 28.3. The number of ether oxygens (including phenoxy) is 5. The molecule has 9 nitrogen and oxygen atoms in total. The number of hydrogen-bond acceptors (Lipinski definition) is 8. The van der Waals surface area contributed by atoms with Crippen molar-refractivity contribution in [1.82, 2.24) is 15.2 Å². The summed E-state index contributed by atoms with van der Waals surface area (Å²) in [4.78, 5) is 20.4. The summed E-state index contributed by atoms with van der Waals surface area (Å²) in [6.07, 6.45) is 6.98. The van der Waals surface area contributed by atoms with Crippen LogP contribution in [0.2, 0.25) is 0 Å². The first-order valence-corrected chi connectivity index (χ1v) is 16.6. The van der Waals surface area contributed by atoms with Crippen LogP contribution >= 0.6 is 0 Å². The third-order valence-corrected chi connectivity index (χ3v) is 9.19. The predicted molar refractivity (Wildman–Crippen MR) is 172 cm³/mol. The van der Waals surface area contributed by atoms with Gasteiger partial charge in [0.15, 0.2) is 11.5 Å². The molecule has 3 atom stereocenters. The molecule has 2 fully saturated rings. The summed E-state index contributed by atoms with van der Waals surface area (Å²) in [6.45, 7) is 17.9. The zero-order chi connectivity index (χ0) is 32.2. The van der Waals surface area contributed by atoms with Crippen LogP contribution in [0.25, 0.3) is 0 Å². The Labute approximate surface area is 268 Å². The van der Waals surface area contributed by atoms with E-state index in [0.29, 0.717) is 26.2 Å². The lowest BCUT2D eigenvalue weighted by atomic mass is 9.73. The van der Waals surface area contributed by atoms with Crippen LogP contribution in [-0.4, -0.2) is 64.8 Å². The fourth-order valence-corrected chi connectivity index (χ4v) is 7.20. The molecule has 9 heteroatoms. The number of pyridine rings is 1. The first-order valence-electron chi connectivity index (χ1n) is 16.6. The number of carbonyl (C=O) groups is 1. The largest absolute Gasteiger partial charge is 0.486 e. The smallest absolute Gasteiger partial charge is 0.412 e. The maximum absolute atomic E-state index is 13.7. The van der Waals surface area contributed by atoms with Gasteiger partial charge in [0.25, 0.3) is 0 Å². The van der Waals surface area contributed by atoms with E-state index in [1.54, 1.807) is 4.90 Å². The van der Waals surface area contributed by atoms with Crippen molar-refractivity contribution in [2.45, 2.75) is 129 Å². The van der Waals surface area contributed by atoms with E-state index in [1.165, 1.54) is 12.0 Å². The fourth-order valence-electron chi connectivity index (χ4n) is 7.20. The molecule has 1 saturated heterocycles. The number of nitrogens with zero attached hydrogens (tertiary/aromatic N) is 2. The Kier molecular flexibility index (Phi) is 8.26. The van der Waals surface area contributed by atoms with Crippen LogP contribution in [0.15, 0.2) is 30.5 Å². The average Bonchev–Trinajstić information content (AvgIpc) is 3.17. The first kappa shape index (κ1) is 31.9. The highest BCUT2D eigenvalue weighted by Crippen LogP contribution is 2.48. The molecule has 1 aliphatic carbocycles. The van der Waals surface area contributed by atoms with Crippen LogP contribution in [-0.2, 0) is 22.3 Å². The molecule has 4 aliphatic rings. The van der Waals surface area contributed by atoms with Gasteiger partial charge in [-0.3, -0.25) is 4.90 Å². The molecule has 45 heavy (non-hydrogen) atoms. The van der Waals surface area contributed by atoms with Gasteiger partial charge in [-0.05, 0) is 101 Å². The van der Waals surface area contributed by atoms with Crippen molar-refractivity contribution in [2.24, 2.45) is 5.41 Å². The van der Waals surface area contributed by atoms with Crippen LogP contribution in [0.4, 0.5) is 4.79 Å². The molecule has 4 heterocycles. The van der Waals surface area contributed by atoms with Gasteiger partial charge in [0.1, 0.15) is 30.1 Å². The Balaban J connectivity index is 1.28. The van der Waals surface area contributed by atoms with Crippen molar-refractivity contribution in [3.63, 3.8) is 0 Å². The van der Waals surface area contributed by atoms with E-state index in [1.807, 2.05) is 59.0 Å². The Morgan fingerprint density at radius 2 is 1.78 bits per heavy atom. The topological polar surface area (TPSA) is 91.4 Å². The number of hydrogen-bond donors (Lipinski definition) is 1. The van der Waals surface area contributed by atoms with Crippen LogP contribution < -0.4 is 19.5 Å². The number of aromatic nitrogens is 1. The van der Waals surface area contributed by atoms with Gasteiger partial charge in [0, 0.05) is 30.8 Å². The quantitative estimate of drug-likeness (QED) is 0.378. The van der Waals surface area contributed by atoms with Crippen molar-refractivity contribution in [3.8, 4) is 17.4 Å². The zero-order valence-corrected chi connectivity index (χ0v) is 28.3. The maximum atomic E-state index is 13.7. The molecular weight excluding hydrogens is 570 g/mol. The predicted octanol–water partition coefficient (Wildman–Crippen LogP) is 6.76. The molecule has 1 saturated carbocycles. The SMILES string of the molecule is CC(C)(C)Cc1cnc2c(c1)[C@@H](NC[C@H]1OC(C)(C)N(C(=O)OC(C)(C)C)[C@H]1Cc1ccc3c(c1)OCCO3)CC1(CCC1)O2. The Hall–Kier alpha value is -3.04. The number of carbonyl (C=O) groups excluding carboxylic acids is 1. The summed E-state index contributed by atoms with van der Waals surface area (Å²) in [6, 6.07) is 8.10. The molecule has 1 aromatic heterocycles. The highest BCUT2D eigenvalue weighted by molar-refractivity contribution is 5.70. The Morgan fingerprint density at radius 3 is 2.44 bits per heavy atom. The van der Waals surface area contributed by atoms with E-state index < -0.39 is 11.3 Å². The van der Waals surface area contributed by atoms with Crippen LogP contribution in [0.1, 0.15) is 104 Å². The Bertz CT molecular complexity index is 1410. The monoisotopic (exact) mass is 621 g/mol. The summed E-state index contributed by atoms with van der Waals surface area (Å²) >= 11 is 0. The van der Waals surface area contributed by atoms with Gasteiger partial charge < -0.3 is 29.0 Å². The second-order valence-electron chi connectivity index (χ2n) is 16.0. The van der Waals surface area contributed by atoms with Crippen molar-refractivity contribution >= 4 is 6.09 Å². The average molecular weight is 622 g/mol. The molecule has 0 radical (unpaired) electrons. The molecule has 1 spiro atoms. The third kappa shape index (κ3) is 7.04. The summed E-state index contributed by atoms with van der Waals surface area (Å²) in [5.41, 5.74) is 1.87. The van der Waals surface area contributed by atoms with E-state index in [0.717, 1.165) is 54.2 Å². The minimum atomic E-state index is -0.864. The minimum absolute atomic E-state index is 0.0682. The van der Waals surface area contributed by atoms with Crippen molar-refractivity contribution in [3.05, 3.63) is 47.2 Å². The molecule has 1 amide bonds. The number of benzene rings is 1. The molecule has 6 rings (SSSR count). The van der Waals surface area contributed by atoms with E-state index >= 15 is 0 Å². The van der Waals surface area contributed by atoms with Gasteiger partial charge in [-0.2, -0.15) is 0 Å². The molecule has 1 N–H and O–H groups in total. The van der Waals surface area contributed by atoms with Crippen molar-refractivity contribution in [1.29, 1.82) is 0 Å². The lowest BCUT2D eigenvalue weighted by Crippen LogP contribution is -2.52. The molecule has 0 unspecified atom stereocenters. The number of nitrogens with one attached hydrogen (secondary N) is 1. The molecule has 1 aromatic carbocycles. The van der Waals surface area contributed by atoms with Crippen molar-refractivity contribution in [2.75, 3.05) is 19.8 Å². The van der Waals surface area contributed by atoms with Gasteiger partial charge in [-0.1, -0.05) is 26.8 Å². The second-order valence-corrected chi connectivity index (χ2v) is 16.0. The van der Waals surface area contributed by atoms with E-state index in [-0.39, 0.29) is 35.3 Å². The van der Waals surface area contributed by atoms with Gasteiger partial charge in [0.2, 0.25) is 5.88 Å². The van der Waals surface area contributed by atoms with E-state index in [2.05, 4.69) is 32.2 Å². The van der Waals surface area contributed by atoms with Gasteiger partial charge >= 0.3 is 6.09 Å². The third-order valence-electron chi connectivity index (χ3n) is 9.19. The minimum Gasteiger partial charge on any atom is -0.486 e. The van der Waals surface area contributed by atoms with Crippen LogP contribution in [0, 0.1) is 5.41 Å². The van der Waals surface area contributed by atoms with E-state index in [4.69, 9.17) is 28.7 Å². The normalized spacial score (nSPS) is 24.9. The first-order chi connectivity index (χ1) is 21.1. The summed E-state index contributed by atoms with van der Waals surface area (Å²) in [5, 5.41) is 3.88. The highest BCUT2D eigenvalue weighted by Gasteiger charge is 2.52. The summed E-state index contributed by atoms with van der Waals surface area (Å²) < 4.78 is 30.8.